The maximum Gasteiger partial charge on any atom is 0.239 e. The van der Waals surface area contributed by atoms with Crippen LogP contribution in [0.3, 0.4) is 0 Å². The van der Waals surface area contributed by atoms with Crippen molar-refractivity contribution in [2.24, 2.45) is 5.92 Å². The first-order valence-electron chi connectivity index (χ1n) is 6.91. The fraction of sp³-hybridized carbons (Fsp3) is 0.923. The van der Waals surface area contributed by atoms with Gasteiger partial charge >= 0.3 is 0 Å². The second-order valence-corrected chi connectivity index (χ2v) is 5.10. The van der Waals surface area contributed by atoms with Gasteiger partial charge in [-0.05, 0) is 38.1 Å². The maximum absolute atomic E-state index is 12.2. The third-order valence-corrected chi connectivity index (χ3v) is 3.81. The van der Waals surface area contributed by atoms with Crippen LogP contribution < -0.4 is 5.32 Å². The molecule has 4 nitrogen and oxygen atoms in total. The van der Waals surface area contributed by atoms with Crippen LogP contribution in [0, 0.1) is 5.92 Å². The molecule has 4 heteroatoms. The van der Waals surface area contributed by atoms with Crippen molar-refractivity contribution >= 4 is 5.91 Å². The largest absolute Gasteiger partial charge is 0.381 e. The van der Waals surface area contributed by atoms with Crippen LogP contribution in [-0.4, -0.2) is 49.7 Å². The standard InChI is InChI=1S/C13H24N2O2/c1-2-14-12-4-3-7-15(13(12)16)8-5-11-6-9-17-10-11/h11-12,14H,2-10H2,1H3. The van der Waals surface area contributed by atoms with E-state index in [9.17, 15) is 4.79 Å². The highest BCUT2D eigenvalue weighted by Gasteiger charge is 2.28. The molecule has 0 aliphatic carbocycles. The predicted octanol–water partition coefficient (Wildman–Crippen LogP) is 1.01. The third-order valence-electron chi connectivity index (χ3n) is 3.81. The average molecular weight is 240 g/mol. The Kier molecular flexibility index (Phi) is 4.80. The number of likely N-dealkylation sites (N-methyl/N-ethyl adjacent to an activating group) is 1. The van der Waals surface area contributed by atoms with Crippen molar-refractivity contribution in [3.05, 3.63) is 0 Å². The van der Waals surface area contributed by atoms with E-state index in [1.54, 1.807) is 0 Å². The van der Waals surface area contributed by atoms with Gasteiger partial charge in [0.1, 0.15) is 0 Å². The van der Waals surface area contributed by atoms with Crippen molar-refractivity contribution in [3.8, 4) is 0 Å². The monoisotopic (exact) mass is 240 g/mol. The van der Waals surface area contributed by atoms with E-state index in [0.29, 0.717) is 11.8 Å². The molecule has 2 aliphatic heterocycles. The molecule has 0 aromatic heterocycles. The first kappa shape index (κ1) is 12.8. The van der Waals surface area contributed by atoms with Gasteiger partial charge in [-0.15, -0.1) is 0 Å². The molecule has 1 amide bonds. The summed E-state index contributed by atoms with van der Waals surface area (Å²) in [7, 11) is 0. The van der Waals surface area contributed by atoms with E-state index in [0.717, 1.165) is 52.1 Å². The fourth-order valence-electron chi connectivity index (χ4n) is 2.75. The van der Waals surface area contributed by atoms with E-state index in [1.165, 1.54) is 6.42 Å². The van der Waals surface area contributed by atoms with E-state index in [4.69, 9.17) is 4.74 Å². The maximum atomic E-state index is 12.2. The lowest BCUT2D eigenvalue weighted by atomic mass is 10.0. The molecule has 2 heterocycles. The summed E-state index contributed by atoms with van der Waals surface area (Å²) in [6.45, 7) is 6.57. The number of carbonyl (C=O) groups is 1. The lowest BCUT2D eigenvalue weighted by Crippen LogP contribution is -2.51. The fourth-order valence-corrected chi connectivity index (χ4v) is 2.75. The number of nitrogens with one attached hydrogen (secondary N) is 1. The molecule has 17 heavy (non-hydrogen) atoms. The van der Waals surface area contributed by atoms with Gasteiger partial charge in [-0.25, -0.2) is 0 Å². The summed E-state index contributed by atoms with van der Waals surface area (Å²) < 4.78 is 5.37. The topological polar surface area (TPSA) is 41.6 Å². The Hall–Kier alpha value is -0.610. The van der Waals surface area contributed by atoms with E-state index in [-0.39, 0.29) is 6.04 Å². The Labute approximate surface area is 104 Å². The molecular formula is C13H24N2O2. The van der Waals surface area contributed by atoms with E-state index >= 15 is 0 Å². The highest BCUT2D eigenvalue weighted by molar-refractivity contribution is 5.82. The van der Waals surface area contributed by atoms with Gasteiger partial charge in [0.05, 0.1) is 6.04 Å². The van der Waals surface area contributed by atoms with Gasteiger partial charge in [0.25, 0.3) is 0 Å². The van der Waals surface area contributed by atoms with Gasteiger partial charge in [-0.1, -0.05) is 6.92 Å². The first-order chi connectivity index (χ1) is 8.31. The Balaban J connectivity index is 1.76. The van der Waals surface area contributed by atoms with Crippen LogP contribution in [0.25, 0.3) is 0 Å². The molecule has 0 saturated carbocycles. The van der Waals surface area contributed by atoms with Crippen LogP contribution in [0.5, 0.6) is 0 Å². The Morgan fingerprint density at radius 2 is 2.35 bits per heavy atom. The van der Waals surface area contributed by atoms with Gasteiger partial charge in [-0.3, -0.25) is 4.79 Å². The molecule has 0 aromatic carbocycles. The number of nitrogens with zero attached hydrogens (tertiary/aromatic N) is 1. The summed E-state index contributed by atoms with van der Waals surface area (Å²) in [5.74, 6) is 0.972. The van der Waals surface area contributed by atoms with Crippen LogP contribution in [0.15, 0.2) is 0 Å². The molecule has 2 aliphatic rings. The number of carbonyl (C=O) groups excluding carboxylic acids is 1. The summed E-state index contributed by atoms with van der Waals surface area (Å²) in [5, 5.41) is 3.28. The summed E-state index contributed by atoms with van der Waals surface area (Å²) >= 11 is 0. The molecule has 2 unspecified atom stereocenters. The minimum absolute atomic E-state index is 0.0635. The van der Waals surface area contributed by atoms with Crippen LogP contribution in [0.2, 0.25) is 0 Å². The minimum atomic E-state index is 0.0635. The summed E-state index contributed by atoms with van der Waals surface area (Å²) in [4.78, 5) is 14.2. The molecule has 2 fully saturated rings. The van der Waals surface area contributed by atoms with E-state index in [1.807, 2.05) is 4.90 Å². The number of piperidine rings is 1. The average Bonchev–Trinajstić information content (AvgIpc) is 2.83. The van der Waals surface area contributed by atoms with Crippen molar-refractivity contribution < 1.29 is 9.53 Å². The Morgan fingerprint density at radius 1 is 1.47 bits per heavy atom. The number of ether oxygens (including phenoxy) is 1. The van der Waals surface area contributed by atoms with Gasteiger partial charge in [0.2, 0.25) is 5.91 Å². The van der Waals surface area contributed by atoms with Crippen molar-refractivity contribution in [2.75, 3.05) is 32.8 Å². The molecule has 2 atom stereocenters. The Bertz CT molecular complexity index is 250. The van der Waals surface area contributed by atoms with Crippen LogP contribution in [0.1, 0.15) is 32.6 Å². The normalized spacial score (nSPS) is 29.9. The van der Waals surface area contributed by atoms with Gasteiger partial charge in [-0.2, -0.15) is 0 Å². The number of likely N-dealkylation sites (tertiary alicyclic amines) is 1. The molecule has 98 valence electrons. The van der Waals surface area contributed by atoms with Crippen LogP contribution >= 0.6 is 0 Å². The second kappa shape index (κ2) is 6.36. The predicted molar refractivity (Wildman–Crippen MR) is 66.8 cm³/mol. The highest BCUT2D eigenvalue weighted by Crippen LogP contribution is 2.19. The molecule has 0 spiro atoms. The smallest absolute Gasteiger partial charge is 0.239 e. The van der Waals surface area contributed by atoms with Crippen LogP contribution in [-0.2, 0) is 9.53 Å². The zero-order valence-corrected chi connectivity index (χ0v) is 10.8. The van der Waals surface area contributed by atoms with Crippen LogP contribution in [0.4, 0.5) is 0 Å². The van der Waals surface area contributed by atoms with Crippen molar-refractivity contribution in [3.63, 3.8) is 0 Å². The lowest BCUT2D eigenvalue weighted by molar-refractivity contribution is -0.136. The van der Waals surface area contributed by atoms with E-state index < -0.39 is 0 Å². The first-order valence-corrected chi connectivity index (χ1v) is 6.91. The summed E-state index contributed by atoms with van der Waals surface area (Å²) in [5.41, 5.74) is 0. The molecule has 0 aromatic rings. The minimum Gasteiger partial charge on any atom is -0.381 e. The molecule has 2 saturated heterocycles. The zero-order valence-electron chi connectivity index (χ0n) is 10.8. The quantitative estimate of drug-likeness (QED) is 0.780. The van der Waals surface area contributed by atoms with Gasteiger partial charge in [0, 0.05) is 26.3 Å². The summed E-state index contributed by atoms with van der Waals surface area (Å²) in [6.07, 6.45) is 4.39. The van der Waals surface area contributed by atoms with Gasteiger partial charge in [0.15, 0.2) is 0 Å². The van der Waals surface area contributed by atoms with Crippen molar-refractivity contribution in [2.45, 2.75) is 38.6 Å². The zero-order chi connectivity index (χ0) is 12.1. The summed E-state index contributed by atoms with van der Waals surface area (Å²) in [6, 6.07) is 0.0635. The number of amides is 1. The lowest BCUT2D eigenvalue weighted by Gasteiger charge is -2.33. The Morgan fingerprint density at radius 3 is 3.06 bits per heavy atom. The SMILES string of the molecule is CCNC1CCCN(CCC2CCOC2)C1=O. The number of hydrogen-bond donors (Lipinski definition) is 1. The molecular weight excluding hydrogens is 216 g/mol. The number of rotatable bonds is 5. The van der Waals surface area contributed by atoms with Crippen molar-refractivity contribution in [1.29, 1.82) is 0 Å². The molecule has 1 N–H and O–H groups in total. The van der Waals surface area contributed by atoms with E-state index in [2.05, 4.69) is 12.2 Å². The van der Waals surface area contributed by atoms with Crippen molar-refractivity contribution in [1.82, 2.24) is 10.2 Å². The molecule has 0 radical (unpaired) electrons. The number of hydrogen-bond acceptors (Lipinski definition) is 3. The molecule has 0 bridgehead atoms. The third kappa shape index (κ3) is 3.42. The molecule has 2 rings (SSSR count). The van der Waals surface area contributed by atoms with Gasteiger partial charge < -0.3 is 15.0 Å². The second-order valence-electron chi connectivity index (χ2n) is 5.10. The highest BCUT2D eigenvalue weighted by atomic mass is 16.5.